The lowest BCUT2D eigenvalue weighted by Gasteiger charge is -2.28. The summed E-state index contributed by atoms with van der Waals surface area (Å²) in [6.07, 6.45) is 0. The van der Waals surface area contributed by atoms with Crippen LogP contribution in [0.3, 0.4) is 0 Å². The minimum absolute atomic E-state index is 0.444. The smallest absolute Gasteiger partial charge is 0.190 e. The summed E-state index contributed by atoms with van der Waals surface area (Å²) in [4.78, 5) is 10.8. The Morgan fingerprint density at radius 3 is 2.20 bits per heavy atom. The average Bonchev–Trinajstić information content (AvgIpc) is 1.59. The second-order valence-electron chi connectivity index (χ2n) is 2.85. The zero-order valence-corrected chi connectivity index (χ0v) is 8.77. The summed E-state index contributed by atoms with van der Waals surface area (Å²) in [7, 11) is -3.52. The van der Waals surface area contributed by atoms with Gasteiger partial charge in [-0.15, -0.1) is 0 Å². The molecule has 0 spiro atoms. The van der Waals surface area contributed by atoms with E-state index < -0.39 is 16.9 Å². The molecule has 1 atom stereocenters. The van der Waals surface area contributed by atoms with E-state index in [1.807, 2.05) is 19.6 Å². The van der Waals surface area contributed by atoms with Crippen LogP contribution in [0.4, 0.5) is 0 Å². The third-order valence-corrected chi connectivity index (χ3v) is 3.84. The Morgan fingerprint density at radius 1 is 1.40 bits per heavy atom. The highest BCUT2D eigenvalue weighted by molar-refractivity contribution is 7.41. The zero-order chi connectivity index (χ0) is 8.20. The molecule has 0 aromatic heterocycles. The highest BCUT2D eigenvalue weighted by Crippen LogP contribution is 2.31. The first-order valence-corrected chi connectivity index (χ1v) is 7.75. The molecule has 0 aromatic rings. The Morgan fingerprint density at radius 2 is 1.90 bits per heavy atom. The lowest BCUT2D eigenvalue weighted by Crippen LogP contribution is -2.25. The van der Waals surface area contributed by atoms with Gasteiger partial charge in [-0.25, -0.2) is 0 Å². The SMILES string of the molecule is CCOP([O-])O[Si](C)(C)C. The molecule has 0 N–H and O–H groups in total. The molecule has 0 saturated heterocycles. The van der Waals surface area contributed by atoms with Crippen LogP contribution in [-0.2, 0) is 8.74 Å². The van der Waals surface area contributed by atoms with Crippen LogP contribution in [0.1, 0.15) is 6.92 Å². The van der Waals surface area contributed by atoms with Crippen molar-refractivity contribution in [2.45, 2.75) is 26.6 Å². The van der Waals surface area contributed by atoms with Crippen LogP contribution in [0.15, 0.2) is 0 Å². The fourth-order valence-corrected chi connectivity index (χ4v) is 2.57. The van der Waals surface area contributed by atoms with Gasteiger partial charge in [0.15, 0.2) is 8.32 Å². The largest absolute Gasteiger partial charge is 0.787 e. The van der Waals surface area contributed by atoms with Gasteiger partial charge in [0.05, 0.1) is 8.60 Å². The quantitative estimate of drug-likeness (QED) is 0.487. The molecule has 0 rings (SSSR count). The average molecular weight is 181 g/mol. The van der Waals surface area contributed by atoms with E-state index in [0.717, 1.165) is 0 Å². The van der Waals surface area contributed by atoms with Crippen molar-refractivity contribution >= 4 is 16.9 Å². The monoisotopic (exact) mass is 181 g/mol. The predicted octanol–water partition coefficient (Wildman–Crippen LogP) is 1.46. The maximum atomic E-state index is 10.8. The van der Waals surface area contributed by atoms with Gasteiger partial charge in [0.1, 0.15) is 0 Å². The topological polar surface area (TPSA) is 41.5 Å². The fourth-order valence-electron chi connectivity index (χ4n) is 0.355. The van der Waals surface area contributed by atoms with Crippen LogP contribution in [0, 0.1) is 0 Å². The molecule has 5 heteroatoms. The normalized spacial score (nSPS) is 15.3. The Bertz CT molecular complexity index is 93.4. The van der Waals surface area contributed by atoms with Gasteiger partial charge >= 0.3 is 0 Å². The minimum Gasteiger partial charge on any atom is -0.787 e. The molecule has 0 bridgehead atoms. The Labute approximate surface area is 64.5 Å². The lowest BCUT2D eigenvalue weighted by molar-refractivity contribution is -0.196. The van der Waals surface area contributed by atoms with E-state index in [2.05, 4.69) is 0 Å². The van der Waals surface area contributed by atoms with Gasteiger partial charge in [-0.05, 0) is 26.6 Å². The number of rotatable bonds is 4. The van der Waals surface area contributed by atoms with Crippen LogP contribution in [0.2, 0.25) is 19.6 Å². The van der Waals surface area contributed by atoms with Gasteiger partial charge in [0, 0.05) is 6.61 Å². The Kier molecular flexibility index (Phi) is 4.65. The molecule has 0 radical (unpaired) electrons. The maximum absolute atomic E-state index is 10.8. The van der Waals surface area contributed by atoms with E-state index in [1.54, 1.807) is 6.92 Å². The third kappa shape index (κ3) is 6.64. The highest BCUT2D eigenvalue weighted by Gasteiger charge is 2.15. The van der Waals surface area contributed by atoms with Gasteiger partial charge < -0.3 is 13.6 Å². The molecular weight excluding hydrogens is 167 g/mol. The van der Waals surface area contributed by atoms with Crippen molar-refractivity contribution in [3.63, 3.8) is 0 Å². The molecule has 10 heavy (non-hydrogen) atoms. The van der Waals surface area contributed by atoms with Crippen molar-refractivity contribution in [3.05, 3.63) is 0 Å². The molecular formula is C5H14O3PSi-. The first-order chi connectivity index (χ1) is 4.45. The van der Waals surface area contributed by atoms with Crippen molar-refractivity contribution in [2.24, 2.45) is 0 Å². The molecule has 0 aliphatic carbocycles. The van der Waals surface area contributed by atoms with Gasteiger partial charge in [0.2, 0.25) is 0 Å². The molecule has 0 fully saturated rings. The molecule has 0 heterocycles. The summed E-state index contributed by atoms with van der Waals surface area (Å²) in [5.41, 5.74) is 0. The molecule has 0 aliphatic rings. The van der Waals surface area contributed by atoms with E-state index in [1.165, 1.54) is 0 Å². The summed E-state index contributed by atoms with van der Waals surface area (Å²) in [6, 6.07) is 0. The van der Waals surface area contributed by atoms with Gasteiger partial charge in [-0.2, -0.15) is 0 Å². The van der Waals surface area contributed by atoms with Gasteiger partial charge in [-0.1, -0.05) is 0 Å². The first kappa shape index (κ1) is 10.5. The third-order valence-electron chi connectivity index (χ3n) is 0.583. The van der Waals surface area contributed by atoms with E-state index in [-0.39, 0.29) is 0 Å². The molecule has 1 unspecified atom stereocenters. The van der Waals surface area contributed by atoms with Gasteiger partial charge in [0.25, 0.3) is 0 Å². The fraction of sp³-hybridized carbons (Fsp3) is 1.00. The maximum Gasteiger partial charge on any atom is 0.190 e. The molecule has 0 aliphatic heterocycles. The summed E-state index contributed by atoms with van der Waals surface area (Å²) in [5.74, 6) is 0. The molecule has 0 amide bonds. The zero-order valence-electron chi connectivity index (χ0n) is 6.88. The van der Waals surface area contributed by atoms with Crippen molar-refractivity contribution in [1.29, 1.82) is 0 Å². The summed E-state index contributed by atoms with van der Waals surface area (Å²) >= 11 is 0. The van der Waals surface area contributed by atoms with E-state index >= 15 is 0 Å². The van der Waals surface area contributed by atoms with Crippen LogP contribution < -0.4 is 4.89 Å². The number of hydrogen-bond donors (Lipinski definition) is 0. The second kappa shape index (κ2) is 4.41. The van der Waals surface area contributed by atoms with E-state index in [4.69, 9.17) is 8.74 Å². The summed E-state index contributed by atoms with van der Waals surface area (Å²) < 4.78 is 9.84. The second-order valence-corrected chi connectivity index (χ2v) is 8.51. The Balaban J connectivity index is 3.47. The van der Waals surface area contributed by atoms with Crippen molar-refractivity contribution < 1.29 is 13.6 Å². The van der Waals surface area contributed by atoms with E-state index in [0.29, 0.717) is 6.61 Å². The van der Waals surface area contributed by atoms with E-state index in [9.17, 15) is 4.89 Å². The molecule has 0 aromatic carbocycles. The summed E-state index contributed by atoms with van der Waals surface area (Å²) in [5, 5.41) is 0. The Hall–Kier alpha value is 0.527. The molecule has 0 saturated carbocycles. The van der Waals surface area contributed by atoms with Crippen molar-refractivity contribution in [3.8, 4) is 0 Å². The van der Waals surface area contributed by atoms with Gasteiger partial charge in [-0.3, -0.25) is 0 Å². The van der Waals surface area contributed by atoms with Crippen LogP contribution >= 0.6 is 8.60 Å². The highest BCUT2D eigenvalue weighted by atomic mass is 31.2. The molecule has 3 nitrogen and oxygen atoms in total. The van der Waals surface area contributed by atoms with Crippen LogP contribution in [-0.4, -0.2) is 14.9 Å². The van der Waals surface area contributed by atoms with Crippen LogP contribution in [0.25, 0.3) is 0 Å². The van der Waals surface area contributed by atoms with Crippen molar-refractivity contribution in [2.75, 3.05) is 6.61 Å². The van der Waals surface area contributed by atoms with Crippen molar-refractivity contribution in [1.82, 2.24) is 0 Å². The standard InChI is InChI=1S/C5H14O3PSi/c1-5-7-9(6)8-10(2,3)4/h5H2,1-4H3/q-1. The van der Waals surface area contributed by atoms with Crippen LogP contribution in [0.5, 0.6) is 0 Å². The molecule has 62 valence electrons. The summed E-state index contributed by atoms with van der Waals surface area (Å²) in [6.45, 7) is 8.15. The predicted molar refractivity (Wildman–Crippen MR) is 43.0 cm³/mol. The minimum atomic E-state index is -1.86. The number of hydrogen-bond acceptors (Lipinski definition) is 3. The lowest BCUT2D eigenvalue weighted by atomic mass is 10.9. The first-order valence-electron chi connectivity index (χ1n) is 3.25.